The average Bonchev–Trinajstić information content (AvgIpc) is 2.92. The molecule has 0 amide bonds. The molecule has 0 radical (unpaired) electrons. The summed E-state index contributed by atoms with van der Waals surface area (Å²) >= 11 is 0.679. The van der Waals surface area contributed by atoms with E-state index in [9.17, 15) is 16.8 Å². The normalized spacial score (nSPS) is 21.3. The van der Waals surface area contributed by atoms with Crippen LogP contribution >= 0.6 is 11.3 Å². The van der Waals surface area contributed by atoms with Gasteiger partial charge in [-0.05, 0) is 25.5 Å². The lowest BCUT2D eigenvalue weighted by Crippen LogP contribution is -2.44. The molecule has 8 nitrogen and oxygen atoms in total. The standard InChI is InChI=1S/C12H21N3O5S3/c1-2-4-14-10-8-15(5-3-6-16)23(19,20)12-9(10)7-11(21-12)22(13,17)18/h7,10,14,16H,2-6,8H2,1H3,(H2,13,17,18). The van der Waals surface area contributed by atoms with Gasteiger partial charge in [0.05, 0.1) is 0 Å². The molecule has 1 unspecified atom stereocenters. The SMILES string of the molecule is CCCNC1CN(CCCO)S(=O)(=O)c2sc(S(N)(=O)=O)cc21. The first-order valence-electron chi connectivity index (χ1n) is 7.22. The number of hydrogen-bond acceptors (Lipinski definition) is 7. The summed E-state index contributed by atoms with van der Waals surface area (Å²) in [6.45, 7) is 2.94. The zero-order valence-corrected chi connectivity index (χ0v) is 15.2. The van der Waals surface area contributed by atoms with Gasteiger partial charge in [-0.1, -0.05) is 6.92 Å². The van der Waals surface area contributed by atoms with Crippen molar-refractivity contribution >= 4 is 31.4 Å². The number of hydrogen-bond donors (Lipinski definition) is 3. The minimum absolute atomic E-state index is 0.0133. The molecule has 0 fully saturated rings. The van der Waals surface area contributed by atoms with E-state index in [1.807, 2.05) is 6.92 Å². The molecule has 1 aromatic heterocycles. The highest BCUT2D eigenvalue weighted by atomic mass is 32.3. The number of thiophene rings is 1. The first-order valence-corrected chi connectivity index (χ1v) is 11.0. The summed E-state index contributed by atoms with van der Waals surface area (Å²) in [7, 11) is -7.73. The van der Waals surface area contributed by atoms with Crippen molar-refractivity contribution in [3.8, 4) is 0 Å². The van der Waals surface area contributed by atoms with Crippen LogP contribution < -0.4 is 10.5 Å². The van der Waals surface area contributed by atoms with Crippen LogP contribution in [0.25, 0.3) is 0 Å². The van der Waals surface area contributed by atoms with Gasteiger partial charge in [0.1, 0.15) is 8.42 Å². The van der Waals surface area contributed by atoms with E-state index in [1.165, 1.54) is 10.4 Å². The van der Waals surface area contributed by atoms with Crippen LogP contribution in [0.3, 0.4) is 0 Å². The second-order valence-corrected chi connectivity index (χ2v) is 10.3. The Kier molecular flexibility index (Phi) is 5.82. The Morgan fingerprint density at radius 2 is 2.22 bits per heavy atom. The third-order valence-electron chi connectivity index (χ3n) is 3.52. The maximum absolute atomic E-state index is 12.7. The molecule has 11 heteroatoms. The number of nitrogens with two attached hydrogens (primary N) is 1. The van der Waals surface area contributed by atoms with Gasteiger partial charge in [-0.2, -0.15) is 4.31 Å². The Morgan fingerprint density at radius 3 is 2.78 bits per heavy atom. The topological polar surface area (TPSA) is 130 Å². The van der Waals surface area contributed by atoms with Crippen LogP contribution in [0.1, 0.15) is 31.4 Å². The molecule has 0 bridgehead atoms. The van der Waals surface area contributed by atoms with Gasteiger partial charge in [-0.3, -0.25) is 0 Å². The van der Waals surface area contributed by atoms with Crippen LogP contribution in [0, 0.1) is 0 Å². The molecule has 1 atom stereocenters. The summed E-state index contributed by atoms with van der Waals surface area (Å²) in [5, 5.41) is 17.3. The summed E-state index contributed by atoms with van der Waals surface area (Å²) in [6, 6.07) is 1.06. The second kappa shape index (κ2) is 7.13. The number of nitrogens with zero attached hydrogens (tertiary/aromatic N) is 1. The van der Waals surface area contributed by atoms with Crippen LogP contribution in [0.15, 0.2) is 14.5 Å². The predicted molar refractivity (Wildman–Crippen MR) is 87.2 cm³/mol. The molecule has 0 saturated carbocycles. The van der Waals surface area contributed by atoms with E-state index >= 15 is 0 Å². The Hall–Kier alpha value is -0.560. The lowest BCUT2D eigenvalue weighted by Gasteiger charge is -2.32. The maximum atomic E-state index is 12.7. The highest BCUT2D eigenvalue weighted by molar-refractivity contribution is 7.94. The lowest BCUT2D eigenvalue weighted by atomic mass is 10.1. The maximum Gasteiger partial charge on any atom is 0.252 e. The molecule has 4 N–H and O–H groups in total. The number of primary sulfonamides is 1. The van der Waals surface area contributed by atoms with Gasteiger partial charge in [0.25, 0.3) is 10.0 Å². The summed E-state index contributed by atoms with van der Waals surface area (Å²) < 4.78 is 49.6. The third-order valence-corrected chi connectivity index (χ3v) is 8.49. The van der Waals surface area contributed by atoms with Crippen molar-refractivity contribution in [2.24, 2.45) is 5.14 Å². The zero-order chi connectivity index (χ0) is 17.3. The van der Waals surface area contributed by atoms with Crippen molar-refractivity contribution in [1.29, 1.82) is 0 Å². The molecule has 1 aromatic rings. The van der Waals surface area contributed by atoms with Crippen molar-refractivity contribution < 1.29 is 21.9 Å². The Labute approximate surface area is 140 Å². The van der Waals surface area contributed by atoms with Crippen molar-refractivity contribution in [2.45, 2.75) is 34.2 Å². The molecule has 0 aromatic carbocycles. The summed E-state index contributed by atoms with van der Waals surface area (Å²) in [5.41, 5.74) is 0.452. The van der Waals surface area contributed by atoms with Crippen LogP contribution in [0.4, 0.5) is 0 Å². The number of aliphatic hydroxyl groups is 1. The fourth-order valence-corrected chi connectivity index (χ4v) is 6.73. The van der Waals surface area contributed by atoms with Crippen molar-refractivity contribution in [3.63, 3.8) is 0 Å². The van der Waals surface area contributed by atoms with E-state index < -0.39 is 20.0 Å². The molecule has 0 spiro atoms. The number of fused-ring (bicyclic) bond motifs is 1. The first kappa shape index (κ1) is 18.8. The molecule has 1 aliphatic heterocycles. The fraction of sp³-hybridized carbons (Fsp3) is 0.667. The van der Waals surface area contributed by atoms with Gasteiger partial charge in [-0.15, -0.1) is 11.3 Å². The van der Waals surface area contributed by atoms with Crippen molar-refractivity contribution in [2.75, 3.05) is 26.2 Å². The minimum Gasteiger partial charge on any atom is -0.396 e. The van der Waals surface area contributed by atoms with Crippen LogP contribution in [0.2, 0.25) is 0 Å². The minimum atomic E-state index is -3.96. The first-order chi connectivity index (χ1) is 10.7. The van der Waals surface area contributed by atoms with Gasteiger partial charge >= 0.3 is 0 Å². The number of sulfonamides is 2. The molecular weight excluding hydrogens is 362 g/mol. The molecule has 2 rings (SSSR count). The van der Waals surface area contributed by atoms with Crippen molar-refractivity contribution in [3.05, 3.63) is 11.6 Å². The number of rotatable bonds is 7. The van der Waals surface area contributed by atoms with Gasteiger partial charge in [0.15, 0.2) is 0 Å². The van der Waals surface area contributed by atoms with Crippen LogP contribution in [-0.4, -0.2) is 52.5 Å². The lowest BCUT2D eigenvalue weighted by molar-refractivity contribution is 0.260. The number of nitrogens with one attached hydrogen (secondary N) is 1. The zero-order valence-electron chi connectivity index (χ0n) is 12.7. The van der Waals surface area contributed by atoms with E-state index in [2.05, 4.69) is 5.32 Å². The monoisotopic (exact) mass is 383 g/mol. The highest BCUT2D eigenvalue weighted by Gasteiger charge is 2.39. The largest absolute Gasteiger partial charge is 0.396 e. The summed E-state index contributed by atoms with van der Waals surface area (Å²) in [4.78, 5) is 0. The predicted octanol–water partition coefficient (Wildman–Crippen LogP) is -0.177. The van der Waals surface area contributed by atoms with E-state index in [-0.39, 0.29) is 34.2 Å². The Balaban J connectivity index is 2.49. The van der Waals surface area contributed by atoms with Crippen molar-refractivity contribution in [1.82, 2.24) is 9.62 Å². The van der Waals surface area contributed by atoms with Gasteiger partial charge in [0, 0.05) is 31.3 Å². The van der Waals surface area contributed by atoms with E-state index in [0.29, 0.717) is 29.9 Å². The smallest absolute Gasteiger partial charge is 0.252 e. The van der Waals surface area contributed by atoms with Gasteiger partial charge in [-0.25, -0.2) is 22.0 Å². The Morgan fingerprint density at radius 1 is 1.52 bits per heavy atom. The molecule has 0 aliphatic carbocycles. The summed E-state index contributed by atoms with van der Waals surface area (Å²) in [6.07, 6.45) is 1.18. The molecule has 132 valence electrons. The van der Waals surface area contributed by atoms with Crippen LogP contribution in [0.5, 0.6) is 0 Å². The average molecular weight is 384 g/mol. The fourth-order valence-electron chi connectivity index (χ4n) is 2.42. The van der Waals surface area contributed by atoms with Gasteiger partial charge < -0.3 is 10.4 Å². The molecular formula is C12H21N3O5S3. The Bertz CT molecular complexity index is 757. The van der Waals surface area contributed by atoms with Gasteiger partial charge in [0.2, 0.25) is 10.0 Å². The van der Waals surface area contributed by atoms with E-state index in [1.54, 1.807) is 0 Å². The van der Waals surface area contributed by atoms with E-state index in [4.69, 9.17) is 10.2 Å². The quantitative estimate of drug-likeness (QED) is 0.599. The second-order valence-electron chi connectivity index (χ2n) is 5.30. The van der Waals surface area contributed by atoms with Crippen LogP contribution in [-0.2, 0) is 20.0 Å². The summed E-state index contributed by atoms with van der Waals surface area (Å²) in [5.74, 6) is 0. The third kappa shape index (κ3) is 3.92. The molecule has 0 saturated heterocycles. The highest BCUT2D eigenvalue weighted by Crippen LogP contribution is 2.39. The molecule has 1 aliphatic rings. The van der Waals surface area contributed by atoms with E-state index in [0.717, 1.165) is 6.42 Å². The number of aliphatic hydroxyl groups excluding tert-OH is 1. The molecule has 2 heterocycles. The molecule has 23 heavy (non-hydrogen) atoms.